The topological polar surface area (TPSA) is 67.0 Å². The van der Waals surface area contributed by atoms with Crippen LogP contribution in [0, 0.1) is 0 Å². The number of hydrogen-bond donors (Lipinski definition) is 2. The lowest BCUT2D eigenvalue weighted by atomic mass is 9.97. The Morgan fingerprint density at radius 1 is 1.16 bits per heavy atom. The highest BCUT2D eigenvalue weighted by atomic mass is 16.5. The Balaban J connectivity index is 1.41. The second-order valence-electron chi connectivity index (χ2n) is 6.07. The standard InChI is InChI=1S/C20H19N3O2/c24-20(16-7-5-15(6-8-16)18-9-11-22-23-18)21-13-19-17-4-2-1-3-14(17)10-12-25-19/h1-9,11,19H,10,12-13H2,(H,21,24)(H,22,23)/t19-/m1/s1. The number of aromatic nitrogens is 2. The van der Waals surface area contributed by atoms with Gasteiger partial charge in [-0.3, -0.25) is 9.89 Å². The van der Waals surface area contributed by atoms with Gasteiger partial charge in [0.2, 0.25) is 0 Å². The van der Waals surface area contributed by atoms with Gasteiger partial charge in [-0.2, -0.15) is 5.10 Å². The van der Waals surface area contributed by atoms with Crippen LogP contribution < -0.4 is 5.32 Å². The number of ether oxygens (including phenoxy) is 1. The predicted octanol–water partition coefficient (Wildman–Crippen LogP) is 3.12. The van der Waals surface area contributed by atoms with E-state index in [1.807, 2.05) is 42.5 Å². The van der Waals surface area contributed by atoms with Gasteiger partial charge in [0.05, 0.1) is 12.3 Å². The summed E-state index contributed by atoms with van der Waals surface area (Å²) < 4.78 is 5.83. The van der Waals surface area contributed by atoms with Crippen molar-refractivity contribution in [3.63, 3.8) is 0 Å². The van der Waals surface area contributed by atoms with E-state index in [9.17, 15) is 4.79 Å². The highest BCUT2D eigenvalue weighted by molar-refractivity contribution is 5.94. The number of carbonyl (C=O) groups excluding carboxylic acids is 1. The zero-order chi connectivity index (χ0) is 17.1. The van der Waals surface area contributed by atoms with Crippen molar-refractivity contribution >= 4 is 5.91 Å². The van der Waals surface area contributed by atoms with Crippen LogP contribution in [0.25, 0.3) is 11.3 Å². The van der Waals surface area contributed by atoms with Gasteiger partial charge in [-0.15, -0.1) is 0 Å². The molecule has 1 aromatic heterocycles. The molecule has 3 aromatic rings. The van der Waals surface area contributed by atoms with Gasteiger partial charge in [0, 0.05) is 18.3 Å². The monoisotopic (exact) mass is 333 g/mol. The second kappa shape index (κ2) is 6.91. The molecule has 1 atom stereocenters. The lowest BCUT2D eigenvalue weighted by molar-refractivity contribution is 0.0411. The Morgan fingerprint density at radius 3 is 2.80 bits per heavy atom. The molecule has 1 amide bonds. The average molecular weight is 333 g/mol. The van der Waals surface area contributed by atoms with Crippen LogP contribution in [0.5, 0.6) is 0 Å². The first-order chi connectivity index (χ1) is 12.3. The van der Waals surface area contributed by atoms with Crippen LogP contribution in [0.2, 0.25) is 0 Å². The summed E-state index contributed by atoms with van der Waals surface area (Å²) in [5.74, 6) is -0.0946. The molecular weight excluding hydrogens is 314 g/mol. The largest absolute Gasteiger partial charge is 0.371 e. The summed E-state index contributed by atoms with van der Waals surface area (Å²) in [7, 11) is 0. The van der Waals surface area contributed by atoms with E-state index in [4.69, 9.17) is 4.74 Å². The third-order valence-electron chi connectivity index (χ3n) is 4.50. The molecule has 0 bridgehead atoms. The fraction of sp³-hybridized carbons (Fsp3) is 0.200. The van der Waals surface area contributed by atoms with E-state index in [1.165, 1.54) is 11.1 Å². The summed E-state index contributed by atoms with van der Waals surface area (Å²) in [6.07, 6.45) is 2.55. The molecule has 0 aliphatic carbocycles. The van der Waals surface area contributed by atoms with Crippen LogP contribution in [0.1, 0.15) is 27.6 Å². The van der Waals surface area contributed by atoms with Crippen LogP contribution >= 0.6 is 0 Å². The molecule has 2 aromatic carbocycles. The summed E-state index contributed by atoms with van der Waals surface area (Å²) in [5, 5.41) is 9.83. The normalized spacial score (nSPS) is 16.2. The van der Waals surface area contributed by atoms with E-state index in [2.05, 4.69) is 27.6 Å². The molecule has 126 valence electrons. The lowest BCUT2D eigenvalue weighted by Crippen LogP contribution is -2.31. The quantitative estimate of drug-likeness (QED) is 0.771. The minimum atomic E-state index is -0.0946. The Hall–Kier alpha value is -2.92. The smallest absolute Gasteiger partial charge is 0.251 e. The second-order valence-corrected chi connectivity index (χ2v) is 6.07. The van der Waals surface area contributed by atoms with Crippen molar-refractivity contribution in [2.24, 2.45) is 0 Å². The third-order valence-corrected chi connectivity index (χ3v) is 4.50. The highest BCUT2D eigenvalue weighted by Crippen LogP contribution is 2.26. The molecule has 0 saturated carbocycles. The van der Waals surface area contributed by atoms with Crippen LogP contribution in [0.4, 0.5) is 0 Å². The van der Waals surface area contributed by atoms with Gasteiger partial charge in [-0.1, -0.05) is 36.4 Å². The molecule has 4 rings (SSSR count). The average Bonchev–Trinajstić information content (AvgIpc) is 3.21. The number of hydrogen-bond acceptors (Lipinski definition) is 3. The van der Waals surface area contributed by atoms with E-state index in [1.54, 1.807) is 6.20 Å². The first-order valence-corrected chi connectivity index (χ1v) is 8.39. The van der Waals surface area contributed by atoms with Crippen LogP contribution in [0.3, 0.4) is 0 Å². The van der Waals surface area contributed by atoms with E-state index < -0.39 is 0 Å². The number of amides is 1. The van der Waals surface area contributed by atoms with Crippen LogP contribution in [-0.2, 0) is 11.2 Å². The van der Waals surface area contributed by atoms with Crippen molar-refractivity contribution < 1.29 is 9.53 Å². The number of rotatable bonds is 4. The highest BCUT2D eigenvalue weighted by Gasteiger charge is 2.21. The maximum absolute atomic E-state index is 12.4. The van der Waals surface area contributed by atoms with Gasteiger partial charge in [-0.05, 0) is 41.3 Å². The molecule has 0 fully saturated rings. The molecule has 0 spiro atoms. The Kier molecular flexibility index (Phi) is 4.31. The molecule has 5 nitrogen and oxygen atoms in total. The van der Waals surface area contributed by atoms with Gasteiger partial charge in [0.15, 0.2) is 0 Å². The van der Waals surface area contributed by atoms with Gasteiger partial charge in [0.25, 0.3) is 5.91 Å². The van der Waals surface area contributed by atoms with Crippen LogP contribution in [0.15, 0.2) is 60.8 Å². The molecule has 0 unspecified atom stereocenters. The van der Waals surface area contributed by atoms with Gasteiger partial charge in [-0.25, -0.2) is 0 Å². The minimum Gasteiger partial charge on any atom is -0.371 e. The van der Waals surface area contributed by atoms with Crippen molar-refractivity contribution in [3.8, 4) is 11.3 Å². The molecule has 0 radical (unpaired) electrons. The van der Waals surface area contributed by atoms with E-state index in [0.717, 1.165) is 17.7 Å². The van der Waals surface area contributed by atoms with Crippen LogP contribution in [-0.4, -0.2) is 29.3 Å². The summed E-state index contributed by atoms with van der Waals surface area (Å²) in [5.41, 5.74) is 5.03. The molecule has 0 saturated heterocycles. The maximum Gasteiger partial charge on any atom is 0.251 e. The van der Waals surface area contributed by atoms with Crippen molar-refractivity contribution in [1.82, 2.24) is 15.5 Å². The summed E-state index contributed by atoms with van der Waals surface area (Å²) in [6, 6.07) is 17.6. The molecule has 1 aliphatic heterocycles. The SMILES string of the molecule is O=C(NC[C@H]1OCCc2ccccc21)c1ccc(-c2ccn[nH]2)cc1. The Labute approximate surface area is 146 Å². The number of benzene rings is 2. The number of nitrogens with zero attached hydrogens (tertiary/aromatic N) is 1. The fourth-order valence-electron chi connectivity index (χ4n) is 3.15. The minimum absolute atomic E-state index is 0.0850. The molecule has 25 heavy (non-hydrogen) atoms. The van der Waals surface area contributed by atoms with E-state index in [0.29, 0.717) is 18.7 Å². The zero-order valence-electron chi connectivity index (χ0n) is 13.7. The first kappa shape index (κ1) is 15.6. The fourth-order valence-corrected chi connectivity index (χ4v) is 3.15. The third kappa shape index (κ3) is 3.32. The maximum atomic E-state index is 12.4. The zero-order valence-corrected chi connectivity index (χ0v) is 13.7. The van der Waals surface area contributed by atoms with Crippen molar-refractivity contribution in [2.75, 3.05) is 13.2 Å². The molecular formula is C20H19N3O2. The predicted molar refractivity (Wildman–Crippen MR) is 95.2 cm³/mol. The van der Waals surface area contributed by atoms with E-state index in [-0.39, 0.29) is 12.0 Å². The Morgan fingerprint density at radius 2 is 2.00 bits per heavy atom. The van der Waals surface area contributed by atoms with Gasteiger partial charge >= 0.3 is 0 Å². The van der Waals surface area contributed by atoms with Crippen molar-refractivity contribution in [2.45, 2.75) is 12.5 Å². The van der Waals surface area contributed by atoms with Gasteiger partial charge < -0.3 is 10.1 Å². The number of nitrogens with one attached hydrogen (secondary N) is 2. The Bertz CT molecular complexity index is 857. The summed E-state index contributed by atoms with van der Waals surface area (Å²) >= 11 is 0. The number of aromatic amines is 1. The van der Waals surface area contributed by atoms with Crippen molar-refractivity contribution in [1.29, 1.82) is 0 Å². The van der Waals surface area contributed by atoms with Gasteiger partial charge in [0.1, 0.15) is 6.10 Å². The molecule has 2 N–H and O–H groups in total. The molecule has 1 aliphatic rings. The summed E-state index contributed by atoms with van der Waals surface area (Å²) in [6.45, 7) is 1.16. The van der Waals surface area contributed by atoms with Crippen molar-refractivity contribution in [3.05, 3.63) is 77.5 Å². The lowest BCUT2D eigenvalue weighted by Gasteiger charge is -2.26. The number of H-pyrrole nitrogens is 1. The first-order valence-electron chi connectivity index (χ1n) is 8.39. The number of carbonyl (C=O) groups is 1. The number of fused-ring (bicyclic) bond motifs is 1. The molecule has 5 heteroatoms. The summed E-state index contributed by atoms with van der Waals surface area (Å²) in [4.78, 5) is 12.4. The molecule has 2 heterocycles. The van der Waals surface area contributed by atoms with E-state index >= 15 is 0 Å².